The highest BCUT2D eigenvalue weighted by molar-refractivity contribution is 7.90. The third-order valence-corrected chi connectivity index (χ3v) is 7.09. The van der Waals surface area contributed by atoms with E-state index in [2.05, 4.69) is 10.3 Å². The molecule has 0 radical (unpaired) electrons. The molecule has 4 aromatic rings. The van der Waals surface area contributed by atoms with Gasteiger partial charge in [-0.05, 0) is 59.9 Å². The van der Waals surface area contributed by atoms with Crippen molar-refractivity contribution < 1.29 is 23.1 Å². The first-order chi connectivity index (χ1) is 17.3. The van der Waals surface area contributed by atoms with Gasteiger partial charge >= 0.3 is 0 Å². The molecule has 0 saturated heterocycles. The van der Waals surface area contributed by atoms with Crippen molar-refractivity contribution in [3.05, 3.63) is 84.1 Å². The second-order valence-electron chi connectivity index (χ2n) is 8.78. The third kappa shape index (κ3) is 5.78. The lowest BCUT2D eigenvalue weighted by Gasteiger charge is -2.18. The zero-order valence-corrected chi connectivity index (χ0v) is 21.1. The molecule has 0 saturated carbocycles. The highest BCUT2D eigenvalue weighted by atomic mass is 32.2. The van der Waals surface area contributed by atoms with E-state index < -0.39 is 15.9 Å². The number of aromatic amines is 1. The van der Waals surface area contributed by atoms with Crippen LogP contribution in [0.1, 0.15) is 29.3 Å². The van der Waals surface area contributed by atoms with E-state index in [0.29, 0.717) is 35.5 Å². The van der Waals surface area contributed by atoms with Gasteiger partial charge in [0, 0.05) is 23.4 Å². The van der Waals surface area contributed by atoms with E-state index in [1.807, 2.05) is 37.4 Å². The van der Waals surface area contributed by atoms with Gasteiger partial charge in [0.2, 0.25) is 0 Å². The van der Waals surface area contributed by atoms with Gasteiger partial charge in [-0.3, -0.25) is 4.79 Å². The molecule has 0 aliphatic carbocycles. The number of nitrogens with one attached hydrogen (secondary N) is 2. The second kappa shape index (κ2) is 11.0. The Labute approximate surface area is 211 Å². The van der Waals surface area contributed by atoms with E-state index in [0.717, 1.165) is 29.1 Å². The van der Waals surface area contributed by atoms with E-state index in [4.69, 9.17) is 4.74 Å². The molecule has 0 fully saturated rings. The van der Waals surface area contributed by atoms with Gasteiger partial charge < -0.3 is 20.1 Å². The standard InChI is InChI=1S/C28H30N2O5S/c1-3-13-35-27-12-11-20(19-7-6-8-23(15-19)36(2,33)34)16-25(27)28(32)30-22(18-31)14-21-17-29-26-10-5-4-9-24(21)26/h4-12,15-17,22,29,31H,3,13-14,18H2,1-2H3,(H,30,32)/t22-/m0/s1. The predicted octanol–water partition coefficient (Wildman–Crippen LogP) is 4.36. The molecular formula is C28H30N2O5S. The quantitative estimate of drug-likeness (QED) is 0.296. The fourth-order valence-electron chi connectivity index (χ4n) is 4.12. The first-order valence-electron chi connectivity index (χ1n) is 11.8. The number of amides is 1. The Morgan fingerprint density at radius 3 is 2.58 bits per heavy atom. The van der Waals surface area contributed by atoms with Crippen LogP contribution in [0.15, 0.2) is 77.8 Å². The number of rotatable bonds is 10. The Morgan fingerprint density at radius 1 is 1.06 bits per heavy atom. The summed E-state index contributed by atoms with van der Waals surface area (Å²) in [7, 11) is -3.37. The van der Waals surface area contributed by atoms with Gasteiger partial charge in [-0.2, -0.15) is 0 Å². The van der Waals surface area contributed by atoms with Crippen LogP contribution in [0.5, 0.6) is 5.75 Å². The molecule has 1 aromatic heterocycles. The summed E-state index contributed by atoms with van der Waals surface area (Å²) in [6.45, 7) is 2.20. The predicted molar refractivity (Wildman–Crippen MR) is 141 cm³/mol. The summed E-state index contributed by atoms with van der Waals surface area (Å²) in [4.78, 5) is 16.8. The number of carbonyl (C=O) groups is 1. The number of hydrogen-bond donors (Lipinski definition) is 3. The molecule has 7 nitrogen and oxygen atoms in total. The normalized spacial score (nSPS) is 12.4. The van der Waals surface area contributed by atoms with Crippen LogP contribution in [0.25, 0.3) is 22.0 Å². The van der Waals surface area contributed by atoms with E-state index in [-0.39, 0.29) is 17.4 Å². The smallest absolute Gasteiger partial charge is 0.255 e. The molecule has 1 amide bonds. The van der Waals surface area contributed by atoms with Gasteiger partial charge in [0.25, 0.3) is 5.91 Å². The van der Waals surface area contributed by atoms with E-state index in [1.54, 1.807) is 42.5 Å². The van der Waals surface area contributed by atoms with E-state index in [9.17, 15) is 18.3 Å². The number of aromatic nitrogens is 1. The van der Waals surface area contributed by atoms with Gasteiger partial charge in [-0.1, -0.05) is 43.3 Å². The molecule has 0 aliphatic heterocycles. The van der Waals surface area contributed by atoms with E-state index >= 15 is 0 Å². The minimum Gasteiger partial charge on any atom is -0.493 e. The first kappa shape index (κ1) is 25.5. The summed E-state index contributed by atoms with van der Waals surface area (Å²) >= 11 is 0. The average Bonchev–Trinajstić information content (AvgIpc) is 3.29. The minimum atomic E-state index is -3.37. The Morgan fingerprint density at radius 2 is 1.83 bits per heavy atom. The number of para-hydroxylation sites is 1. The molecule has 3 N–H and O–H groups in total. The number of H-pyrrole nitrogens is 1. The Balaban J connectivity index is 1.63. The van der Waals surface area contributed by atoms with Crippen LogP contribution in [0.2, 0.25) is 0 Å². The second-order valence-corrected chi connectivity index (χ2v) is 10.8. The summed E-state index contributed by atoms with van der Waals surface area (Å²) in [6, 6.07) is 19.2. The van der Waals surface area contributed by atoms with Crippen LogP contribution >= 0.6 is 0 Å². The van der Waals surface area contributed by atoms with Gasteiger partial charge in [-0.25, -0.2) is 8.42 Å². The van der Waals surface area contributed by atoms with Crippen LogP contribution in [-0.2, 0) is 16.3 Å². The van der Waals surface area contributed by atoms with Crippen molar-refractivity contribution in [3.8, 4) is 16.9 Å². The number of carbonyl (C=O) groups excluding carboxylic acids is 1. The lowest BCUT2D eigenvalue weighted by molar-refractivity contribution is 0.0912. The summed E-state index contributed by atoms with van der Waals surface area (Å²) in [5.74, 6) is 0.0577. The monoisotopic (exact) mass is 506 g/mol. The van der Waals surface area contributed by atoms with Gasteiger partial charge in [0.1, 0.15) is 5.75 Å². The maximum absolute atomic E-state index is 13.4. The number of aliphatic hydroxyl groups is 1. The van der Waals surface area contributed by atoms with Gasteiger partial charge in [0.15, 0.2) is 9.84 Å². The molecular weight excluding hydrogens is 476 g/mol. The fourth-order valence-corrected chi connectivity index (χ4v) is 4.79. The maximum Gasteiger partial charge on any atom is 0.255 e. The van der Waals surface area contributed by atoms with Crippen LogP contribution in [0.3, 0.4) is 0 Å². The lowest BCUT2D eigenvalue weighted by atomic mass is 10.0. The van der Waals surface area contributed by atoms with E-state index in [1.165, 1.54) is 0 Å². The summed E-state index contributed by atoms with van der Waals surface area (Å²) in [6.07, 6.45) is 4.28. The summed E-state index contributed by atoms with van der Waals surface area (Å²) in [5.41, 5.74) is 3.68. The van der Waals surface area contributed by atoms with Crippen molar-refractivity contribution in [2.24, 2.45) is 0 Å². The Kier molecular flexibility index (Phi) is 7.76. The molecule has 1 heterocycles. The van der Waals surface area contributed by atoms with Crippen LogP contribution in [-0.4, -0.2) is 49.9 Å². The number of fused-ring (bicyclic) bond motifs is 1. The van der Waals surface area contributed by atoms with Crippen molar-refractivity contribution in [1.82, 2.24) is 10.3 Å². The molecule has 0 spiro atoms. The number of benzene rings is 3. The Bertz CT molecular complexity index is 1480. The third-order valence-electron chi connectivity index (χ3n) is 5.98. The number of aliphatic hydroxyl groups excluding tert-OH is 1. The van der Waals surface area contributed by atoms with Crippen molar-refractivity contribution >= 4 is 26.6 Å². The molecule has 0 unspecified atom stereocenters. The molecule has 4 rings (SSSR count). The van der Waals surface area contributed by atoms with Crippen LogP contribution < -0.4 is 10.1 Å². The highest BCUT2D eigenvalue weighted by Gasteiger charge is 2.20. The topological polar surface area (TPSA) is 108 Å². The van der Waals surface area contributed by atoms with Crippen LogP contribution in [0, 0.1) is 0 Å². The highest BCUT2D eigenvalue weighted by Crippen LogP contribution is 2.29. The number of ether oxygens (including phenoxy) is 1. The van der Waals surface area contributed by atoms with Gasteiger partial charge in [-0.15, -0.1) is 0 Å². The molecule has 3 aromatic carbocycles. The van der Waals surface area contributed by atoms with Crippen LogP contribution in [0.4, 0.5) is 0 Å². The average molecular weight is 507 g/mol. The van der Waals surface area contributed by atoms with Crippen molar-refractivity contribution in [2.45, 2.75) is 30.7 Å². The lowest BCUT2D eigenvalue weighted by Crippen LogP contribution is -2.39. The molecule has 36 heavy (non-hydrogen) atoms. The molecule has 0 aliphatic rings. The molecule has 1 atom stereocenters. The number of sulfone groups is 1. The molecule has 0 bridgehead atoms. The van der Waals surface area contributed by atoms with Crippen molar-refractivity contribution in [3.63, 3.8) is 0 Å². The first-order valence-corrected chi connectivity index (χ1v) is 13.7. The summed E-state index contributed by atoms with van der Waals surface area (Å²) < 4.78 is 29.9. The Hall–Kier alpha value is -3.62. The van der Waals surface area contributed by atoms with Gasteiger partial charge in [0.05, 0.1) is 29.7 Å². The fraction of sp³-hybridized carbons (Fsp3) is 0.250. The molecule has 8 heteroatoms. The zero-order valence-electron chi connectivity index (χ0n) is 20.3. The molecule has 188 valence electrons. The zero-order chi connectivity index (χ0) is 25.7. The van der Waals surface area contributed by atoms with Crippen molar-refractivity contribution in [2.75, 3.05) is 19.5 Å². The van der Waals surface area contributed by atoms with Crippen molar-refractivity contribution in [1.29, 1.82) is 0 Å². The maximum atomic E-state index is 13.4. The minimum absolute atomic E-state index is 0.205. The summed E-state index contributed by atoms with van der Waals surface area (Å²) in [5, 5.41) is 14.0. The SMILES string of the molecule is CCCOc1ccc(-c2cccc(S(C)(=O)=O)c2)cc1C(=O)N[C@H](CO)Cc1c[nH]c2ccccc12. The number of hydrogen-bond acceptors (Lipinski definition) is 5. The largest absolute Gasteiger partial charge is 0.493 e.